The van der Waals surface area contributed by atoms with E-state index in [9.17, 15) is 0 Å². The monoisotopic (exact) mass is 288 g/mol. The van der Waals surface area contributed by atoms with Crippen LogP contribution in [0.3, 0.4) is 0 Å². The first-order valence-electron chi connectivity index (χ1n) is 6.74. The Hall–Kier alpha value is -3.28. The van der Waals surface area contributed by atoms with Crippen molar-refractivity contribution in [2.24, 2.45) is 0 Å². The molecule has 3 heterocycles. The summed E-state index contributed by atoms with van der Waals surface area (Å²) in [5.74, 6) is 0. The number of pyridine rings is 1. The fourth-order valence-electron chi connectivity index (χ4n) is 2.67. The minimum atomic E-state index is 0.587. The number of anilines is 1. The standard InChI is InChI=1S/C16H12N6/c17-6-10-11(18)1-2-13-16(10)9-5-14(20-7-15(9)22-13)12-3-4-19-8-21-12/h1-8,17,22H,18H2. The van der Waals surface area contributed by atoms with E-state index < -0.39 is 0 Å². The fourth-order valence-corrected chi connectivity index (χ4v) is 2.67. The molecular weight excluding hydrogens is 276 g/mol. The maximum Gasteiger partial charge on any atom is 0.116 e. The molecule has 3 aromatic heterocycles. The van der Waals surface area contributed by atoms with Gasteiger partial charge in [-0.3, -0.25) is 4.98 Å². The van der Waals surface area contributed by atoms with Gasteiger partial charge in [0.25, 0.3) is 0 Å². The van der Waals surface area contributed by atoms with Crippen molar-refractivity contribution in [1.82, 2.24) is 19.9 Å². The summed E-state index contributed by atoms with van der Waals surface area (Å²) in [5.41, 5.74) is 10.6. The maximum atomic E-state index is 7.64. The van der Waals surface area contributed by atoms with E-state index in [-0.39, 0.29) is 0 Å². The van der Waals surface area contributed by atoms with Crippen LogP contribution in [-0.2, 0) is 0 Å². The minimum Gasteiger partial charge on any atom is -0.398 e. The molecule has 4 aromatic rings. The second kappa shape index (κ2) is 4.63. The molecule has 0 atom stereocenters. The first-order chi connectivity index (χ1) is 10.8. The van der Waals surface area contributed by atoms with Crippen LogP contribution in [0.25, 0.3) is 33.2 Å². The number of fused-ring (bicyclic) bond motifs is 3. The van der Waals surface area contributed by atoms with Crippen LogP contribution in [0.15, 0.2) is 43.0 Å². The van der Waals surface area contributed by atoms with Gasteiger partial charge in [-0.2, -0.15) is 0 Å². The number of nitrogens with one attached hydrogen (secondary N) is 2. The van der Waals surface area contributed by atoms with Crippen molar-refractivity contribution in [3.05, 3.63) is 48.5 Å². The quantitative estimate of drug-likeness (QED) is 0.389. The Morgan fingerprint density at radius 1 is 1.09 bits per heavy atom. The molecule has 0 aliphatic heterocycles. The maximum absolute atomic E-state index is 7.64. The van der Waals surface area contributed by atoms with Crippen molar-refractivity contribution in [2.45, 2.75) is 0 Å². The van der Waals surface area contributed by atoms with Crippen LogP contribution in [0.1, 0.15) is 5.56 Å². The van der Waals surface area contributed by atoms with Gasteiger partial charge < -0.3 is 16.1 Å². The molecule has 0 spiro atoms. The predicted octanol–water partition coefficient (Wildman–Crippen LogP) is 2.75. The average molecular weight is 288 g/mol. The summed E-state index contributed by atoms with van der Waals surface area (Å²) in [4.78, 5) is 15.9. The molecule has 0 saturated carbocycles. The van der Waals surface area contributed by atoms with Crippen molar-refractivity contribution in [3.8, 4) is 11.4 Å². The molecule has 0 amide bonds. The van der Waals surface area contributed by atoms with Crippen LogP contribution in [-0.4, -0.2) is 26.2 Å². The molecule has 0 aliphatic carbocycles. The number of hydrogen-bond donors (Lipinski definition) is 3. The van der Waals surface area contributed by atoms with Crippen LogP contribution in [0.2, 0.25) is 0 Å². The Bertz CT molecular complexity index is 1000. The molecule has 1 aromatic carbocycles. The number of aromatic amines is 1. The molecule has 0 bridgehead atoms. The molecular formula is C16H12N6. The number of nitrogens with two attached hydrogens (primary N) is 1. The van der Waals surface area contributed by atoms with Gasteiger partial charge in [0.05, 0.1) is 23.1 Å². The van der Waals surface area contributed by atoms with Gasteiger partial charge in [-0.15, -0.1) is 0 Å². The highest BCUT2D eigenvalue weighted by molar-refractivity contribution is 6.16. The summed E-state index contributed by atoms with van der Waals surface area (Å²) in [5, 5.41) is 9.55. The molecule has 0 unspecified atom stereocenters. The Morgan fingerprint density at radius 2 is 2.00 bits per heavy atom. The molecule has 0 radical (unpaired) electrons. The van der Waals surface area contributed by atoms with Gasteiger partial charge >= 0.3 is 0 Å². The number of nitrogens with zero attached hydrogens (tertiary/aromatic N) is 3. The number of rotatable bonds is 2. The van der Waals surface area contributed by atoms with Crippen LogP contribution in [0.5, 0.6) is 0 Å². The van der Waals surface area contributed by atoms with Gasteiger partial charge in [-0.25, -0.2) is 9.97 Å². The molecule has 22 heavy (non-hydrogen) atoms. The zero-order valence-corrected chi connectivity index (χ0v) is 11.5. The van der Waals surface area contributed by atoms with Crippen molar-refractivity contribution in [3.63, 3.8) is 0 Å². The third-order valence-electron chi connectivity index (χ3n) is 3.71. The van der Waals surface area contributed by atoms with E-state index in [0.29, 0.717) is 11.3 Å². The minimum absolute atomic E-state index is 0.587. The SMILES string of the molecule is N=Cc1c(N)ccc2[nH]c3cnc(-c4ccncn4)cc3c12. The number of hydrogen-bond acceptors (Lipinski definition) is 5. The Morgan fingerprint density at radius 3 is 2.77 bits per heavy atom. The summed E-state index contributed by atoms with van der Waals surface area (Å²) < 4.78 is 0. The highest BCUT2D eigenvalue weighted by atomic mass is 14.8. The number of nitrogen functional groups attached to an aromatic ring is 1. The fraction of sp³-hybridized carbons (Fsp3) is 0. The molecule has 4 rings (SSSR count). The Kier molecular flexibility index (Phi) is 2.62. The van der Waals surface area contributed by atoms with Crippen molar-refractivity contribution < 1.29 is 0 Å². The van der Waals surface area contributed by atoms with E-state index in [4.69, 9.17) is 11.1 Å². The highest BCUT2D eigenvalue weighted by Gasteiger charge is 2.12. The zero-order valence-electron chi connectivity index (χ0n) is 11.5. The third-order valence-corrected chi connectivity index (χ3v) is 3.71. The van der Waals surface area contributed by atoms with E-state index in [2.05, 4.69) is 19.9 Å². The van der Waals surface area contributed by atoms with Crippen molar-refractivity contribution in [1.29, 1.82) is 5.41 Å². The molecule has 106 valence electrons. The third kappa shape index (κ3) is 1.74. The Labute approximate surface area is 125 Å². The molecule has 0 fully saturated rings. The second-order valence-electron chi connectivity index (χ2n) is 4.97. The normalized spacial score (nSPS) is 11.1. The Balaban J connectivity index is 2.08. The van der Waals surface area contributed by atoms with E-state index in [1.54, 1.807) is 18.5 Å². The zero-order chi connectivity index (χ0) is 15.1. The summed E-state index contributed by atoms with van der Waals surface area (Å²) in [6, 6.07) is 7.50. The van der Waals surface area contributed by atoms with Crippen molar-refractivity contribution in [2.75, 3.05) is 5.73 Å². The number of H-pyrrole nitrogens is 1. The second-order valence-corrected chi connectivity index (χ2v) is 4.97. The van der Waals surface area contributed by atoms with Crippen LogP contribution in [0, 0.1) is 5.41 Å². The summed E-state index contributed by atoms with van der Waals surface area (Å²) >= 11 is 0. The van der Waals surface area contributed by atoms with E-state index >= 15 is 0 Å². The molecule has 0 saturated heterocycles. The summed E-state index contributed by atoms with van der Waals surface area (Å²) in [6.45, 7) is 0. The first kappa shape index (κ1) is 12.5. The highest BCUT2D eigenvalue weighted by Crippen LogP contribution is 2.32. The summed E-state index contributed by atoms with van der Waals surface area (Å²) in [7, 11) is 0. The predicted molar refractivity (Wildman–Crippen MR) is 86.9 cm³/mol. The van der Waals surface area contributed by atoms with Gasteiger partial charge in [0.2, 0.25) is 0 Å². The number of benzene rings is 1. The lowest BCUT2D eigenvalue weighted by Gasteiger charge is -2.03. The lowest BCUT2D eigenvalue weighted by Crippen LogP contribution is -1.93. The lowest BCUT2D eigenvalue weighted by molar-refractivity contribution is 1.15. The van der Waals surface area contributed by atoms with Gasteiger partial charge in [0.1, 0.15) is 6.33 Å². The van der Waals surface area contributed by atoms with Gasteiger partial charge in [0.15, 0.2) is 0 Å². The van der Waals surface area contributed by atoms with Gasteiger partial charge in [-0.05, 0) is 24.3 Å². The van der Waals surface area contributed by atoms with Crippen LogP contribution < -0.4 is 5.73 Å². The lowest BCUT2D eigenvalue weighted by atomic mass is 10.0. The van der Waals surface area contributed by atoms with Crippen LogP contribution in [0.4, 0.5) is 5.69 Å². The largest absolute Gasteiger partial charge is 0.398 e. The van der Waals surface area contributed by atoms with E-state index in [0.717, 1.165) is 33.2 Å². The van der Waals surface area contributed by atoms with Gasteiger partial charge in [-0.1, -0.05) is 0 Å². The first-order valence-corrected chi connectivity index (χ1v) is 6.74. The number of aromatic nitrogens is 4. The average Bonchev–Trinajstić information content (AvgIpc) is 2.93. The summed E-state index contributed by atoms with van der Waals surface area (Å²) in [6.07, 6.45) is 6.24. The van der Waals surface area contributed by atoms with Gasteiger partial charge in [0, 0.05) is 40.0 Å². The molecule has 6 heteroatoms. The molecule has 6 nitrogen and oxygen atoms in total. The van der Waals surface area contributed by atoms with E-state index in [1.807, 2.05) is 18.2 Å². The molecule has 0 aliphatic rings. The van der Waals surface area contributed by atoms with Crippen molar-refractivity contribution >= 4 is 33.7 Å². The van der Waals surface area contributed by atoms with E-state index in [1.165, 1.54) is 12.5 Å². The van der Waals surface area contributed by atoms with Crippen LogP contribution >= 0.6 is 0 Å². The topological polar surface area (TPSA) is 104 Å². The smallest absolute Gasteiger partial charge is 0.116 e. The molecule has 4 N–H and O–H groups in total.